The zero-order valence-corrected chi connectivity index (χ0v) is 8.67. The Morgan fingerprint density at radius 1 is 1.12 bits per heavy atom. The first-order valence-electron chi connectivity index (χ1n) is 5.24. The van der Waals surface area contributed by atoms with Crippen molar-refractivity contribution in [3.05, 3.63) is 59.9 Å². The largest absolute Gasteiger partial charge is 0.337 e. The second-order valence-corrected chi connectivity index (χ2v) is 3.77. The summed E-state index contributed by atoms with van der Waals surface area (Å²) in [5.41, 5.74) is 2.21. The highest BCUT2D eigenvalue weighted by molar-refractivity contribution is 5.35. The third-order valence-electron chi connectivity index (χ3n) is 2.69. The van der Waals surface area contributed by atoms with E-state index in [1.165, 1.54) is 5.56 Å². The Bertz CT molecular complexity index is 484. The van der Waals surface area contributed by atoms with Crippen LogP contribution >= 0.6 is 0 Å². The third-order valence-corrected chi connectivity index (χ3v) is 2.69. The molecule has 80 valence electrons. The molecule has 0 radical (unpaired) electrons. The Balaban J connectivity index is 1.89. The molecule has 2 aromatic rings. The molecule has 0 spiro atoms. The SMILES string of the molecule is c1cncc(C2Cc3ccccc3OO2)c1. The number of hydrogen-bond acceptors (Lipinski definition) is 3. The number of nitrogens with zero attached hydrogens (tertiary/aromatic N) is 1. The van der Waals surface area contributed by atoms with Crippen LogP contribution in [0.15, 0.2) is 48.8 Å². The van der Waals surface area contributed by atoms with Gasteiger partial charge in [-0.3, -0.25) is 4.98 Å². The molecule has 0 bridgehead atoms. The molecule has 0 fully saturated rings. The summed E-state index contributed by atoms with van der Waals surface area (Å²) in [7, 11) is 0. The van der Waals surface area contributed by atoms with E-state index in [1.807, 2.05) is 36.5 Å². The van der Waals surface area contributed by atoms with Gasteiger partial charge in [0.05, 0.1) is 0 Å². The van der Waals surface area contributed by atoms with Crippen LogP contribution in [0.4, 0.5) is 0 Å². The van der Waals surface area contributed by atoms with Gasteiger partial charge in [-0.2, -0.15) is 4.89 Å². The Labute approximate surface area is 93.6 Å². The van der Waals surface area contributed by atoms with Gasteiger partial charge >= 0.3 is 0 Å². The average Bonchev–Trinajstić information content (AvgIpc) is 2.39. The summed E-state index contributed by atoms with van der Waals surface area (Å²) < 4.78 is 0. The third kappa shape index (κ3) is 1.66. The van der Waals surface area contributed by atoms with Crippen molar-refractivity contribution in [2.24, 2.45) is 0 Å². The Morgan fingerprint density at radius 3 is 2.94 bits per heavy atom. The maximum absolute atomic E-state index is 5.35. The van der Waals surface area contributed by atoms with E-state index >= 15 is 0 Å². The van der Waals surface area contributed by atoms with Crippen molar-refractivity contribution in [1.29, 1.82) is 0 Å². The predicted octanol–water partition coefficient (Wildman–Crippen LogP) is 2.69. The van der Waals surface area contributed by atoms with Gasteiger partial charge < -0.3 is 4.89 Å². The fourth-order valence-electron chi connectivity index (χ4n) is 1.84. The molecular formula is C13H11NO2. The maximum Gasteiger partial charge on any atom is 0.168 e. The van der Waals surface area contributed by atoms with Crippen LogP contribution in [-0.2, 0) is 11.3 Å². The van der Waals surface area contributed by atoms with E-state index < -0.39 is 0 Å². The van der Waals surface area contributed by atoms with Crippen molar-refractivity contribution in [2.45, 2.75) is 12.5 Å². The lowest BCUT2D eigenvalue weighted by Crippen LogP contribution is -2.16. The Morgan fingerprint density at radius 2 is 2.06 bits per heavy atom. The van der Waals surface area contributed by atoms with Crippen LogP contribution in [0, 0.1) is 0 Å². The van der Waals surface area contributed by atoms with Crippen LogP contribution in [0.3, 0.4) is 0 Å². The highest BCUT2D eigenvalue weighted by atomic mass is 17.2. The summed E-state index contributed by atoms with van der Waals surface area (Å²) >= 11 is 0. The molecule has 1 atom stereocenters. The number of fused-ring (bicyclic) bond motifs is 1. The minimum Gasteiger partial charge on any atom is -0.337 e. The number of rotatable bonds is 1. The van der Waals surface area contributed by atoms with Gasteiger partial charge in [0.15, 0.2) is 5.75 Å². The predicted molar refractivity (Wildman–Crippen MR) is 58.8 cm³/mol. The topological polar surface area (TPSA) is 31.4 Å². The Hall–Kier alpha value is -1.87. The van der Waals surface area contributed by atoms with E-state index in [2.05, 4.69) is 11.1 Å². The first-order valence-corrected chi connectivity index (χ1v) is 5.24. The smallest absolute Gasteiger partial charge is 0.168 e. The van der Waals surface area contributed by atoms with Crippen LogP contribution in [0.1, 0.15) is 17.2 Å². The van der Waals surface area contributed by atoms with Crippen LogP contribution in [0.25, 0.3) is 0 Å². The van der Waals surface area contributed by atoms with Gasteiger partial charge in [-0.05, 0) is 12.1 Å². The van der Waals surface area contributed by atoms with Crippen LogP contribution < -0.4 is 4.89 Å². The number of pyridine rings is 1. The molecule has 1 aromatic carbocycles. The lowest BCUT2D eigenvalue weighted by Gasteiger charge is -2.23. The monoisotopic (exact) mass is 213 g/mol. The molecule has 3 heteroatoms. The number of para-hydroxylation sites is 1. The summed E-state index contributed by atoms with van der Waals surface area (Å²) in [6, 6.07) is 11.8. The van der Waals surface area contributed by atoms with E-state index in [1.54, 1.807) is 6.20 Å². The highest BCUT2D eigenvalue weighted by Crippen LogP contribution is 2.32. The Kier molecular flexibility index (Phi) is 2.31. The minimum atomic E-state index is -0.0661. The normalized spacial score (nSPS) is 18.6. The highest BCUT2D eigenvalue weighted by Gasteiger charge is 2.22. The molecule has 0 N–H and O–H groups in total. The molecule has 0 saturated heterocycles. The molecule has 1 aliphatic heterocycles. The van der Waals surface area contributed by atoms with Gasteiger partial charge in [0.25, 0.3) is 0 Å². The molecule has 0 amide bonds. The number of hydrogen-bond donors (Lipinski definition) is 0. The maximum atomic E-state index is 5.35. The van der Waals surface area contributed by atoms with Crippen molar-refractivity contribution >= 4 is 0 Å². The first kappa shape index (κ1) is 9.36. The molecule has 1 unspecified atom stereocenters. The van der Waals surface area contributed by atoms with Gasteiger partial charge in [-0.25, -0.2) is 0 Å². The minimum absolute atomic E-state index is 0.0661. The summed E-state index contributed by atoms with van der Waals surface area (Å²) in [6.45, 7) is 0. The summed E-state index contributed by atoms with van der Waals surface area (Å²) in [6.07, 6.45) is 4.31. The quantitative estimate of drug-likeness (QED) is 0.682. The number of benzene rings is 1. The van der Waals surface area contributed by atoms with Crippen LogP contribution in [0.2, 0.25) is 0 Å². The lowest BCUT2D eigenvalue weighted by molar-refractivity contribution is -0.257. The van der Waals surface area contributed by atoms with Gasteiger partial charge in [-0.1, -0.05) is 24.3 Å². The molecule has 1 aliphatic rings. The van der Waals surface area contributed by atoms with Gasteiger partial charge in [0.2, 0.25) is 0 Å². The van der Waals surface area contributed by atoms with Crippen molar-refractivity contribution in [3.8, 4) is 5.75 Å². The molecule has 3 rings (SSSR count). The van der Waals surface area contributed by atoms with Gasteiger partial charge in [0, 0.05) is 29.9 Å². The molecular weight excluding hydrogens is 202 g/mol. The van der Waals surface area contributed by atoms with Crippen molar-refractivity contribution in [2.75, 3.05) is 0 Å². The second-order valence-electron chi connectivity index (χ2n) is 3.77. The fourth-order valence-corrected chi connectivity index (χ4v) is 1.84. The average molecular weight is 213 g/mol. The summed E-state index contributed by atoms with van der Waals surface area (Å²) in [5.74, 6) is 0.808. The van der Waals surface area contributed by atoms with Gasteiger partial charge in [0.1, 0.15) is 6.10 Å². The molecule has 0 saturated carbocycles. The van der Waals surface area contributed by atoms with Gasteiger partial charge in [-0.15, -0.1) is 0 Å². The van der Waals surface area contributed by atoms with Crippen molar-refractivity contribution in [3.63, 3.8) is 0 Å². The molecule has 1 aromatic heterocycles. The molecule has 0 aliphatic carbocycles. The van der Waals surface area contributed by atoms with Crippen molar-refractivity contribution in [1.82, 2.24) is 4.98 Å². The molecule has 16 heavy (non-hydrogen) atoms. The van der Waals surface area contributed by atoms with E-state index in [4.69, 9.17) is 9.78 Å². The van der Waals surface area contributed by atoms with Crippen LogP contribution in [0.5, 0.6) is 5.75 Å². The second kappa shape index (κ2) is 3.94. The fraction of sp³-hybridized carbons (Fsp3) is 0.154. The standard InChI is InChI=1S/C13H11NO2/c1-2-6-12-10(4-1)8-13(16-15-12)11-5-3-7-14-9-11/h1-7,9,13H,8H2. The van der Waals surface area contributed by atoms with Crippen molar-refractivity contribution < 1.29 is 9.78 Å². The lowest BCUT2D eigenvalue weighted by atomic mass is 10.0. The first-order chi connectivity index (χ1) is 7.93. The zero-order valence-electron chi connectivity index (χ0n) is 8.67. The number of aromatic nitrogens is 1. The molecule has 3 nitrogen and oxygen atoms in total. The summed E-state index contributed by atoms with van der Waals surface area (Å²) in [4.78, 5) is 14.7. The van der Waals surface area contributed by atoms with E-state index in [0.717, 1.165) is 17.7 Å². The van der Waals surface area contributed by atoms with E-state index in [9.17, 15) is 0 Å². The summed E-state index contributed by atoms with van der Waals surface area (Å²) in [5, 5.41) is 0. The van der Waals surface area contributed by atoms with E-state index in [0.29, 0.717) is 0 Å². The van der Waals surface area contributed by atoms with Crippen LogP contribution in [-0.4, -0.2) is 4.98 Å². The molecule has 2 heterocycles. The van der Waals surface area contributed by atoms with E-state index in [-0.39, 0.29) is 6.10 Å². The zero-order chi connectivity index (χ0) is 10.8.